The minimum absolute atomic E-state index is 0.0355. The van der Waals surface area contributed by atoms with E-state index in [9.17, 15) is 9.90 Å². The molecule has 0 aliphatic carbocycles. The van der Waals surface area contributed by atoms with Crippen molar-refractivity contribution >= 4 is 29.7 Å². The molecular weight excluding hydrogens is 282 g/mol. The summed E-state index contributed by atoms with van der Waals surface area (Å²) >= 11 is 0.878. The maximum Gasteiger partial charge on any atom is 0.342 e. The van der Waals surface area contributed by atoms with E-state index in [1.54, 1.807) is 24.0 Å². The zero-order valence-corrected chi connectivity index (χ0v) is 12.0. The fourth-order valence-electron chi connectivity index (χ4n) is 1.34. The molecule has 0 saturated carbocycles. The van der Waals surface area contributed by atoms with Gasteiger partial charge in [-0.2, -0.15) is 0 Å². The van der Waals surface area contributed by atoms with Gasteiger partial charge in [0.2, 0.25) is 5.89 Å². The topological polar surface area (TPSA) is 92.6 Å². The Morgan fingerprint density at radius 3 is 2.60 bits per heavy atom. The highest BCUT2D eigenvalue weighted by Crippen LogP contribution is 2.28. The molecule has 0 bridgehead atoms. The van der Waals surface area contributed by atoms with Crippen molar-refractivity contribution in [2.24, 2.45) is 0 Å². The SMILES string of the molecule is Cc1nnc(S/C(=C\c2ccc(N(C)C)o2)C(=O)O)o1. The van der Waals surface area contributed by atoms with Crippen LogP contribution in [0.15, 0.2) is 31.1 Å². The van der Waals surface area contributed by atoms with Gasteiger partial charge in [0.25, 0.3) is 5.22 Å². The Morgan fingerprint density at radius 1 is 1.35 bits per heavy atom. The number of hydrogen-bond donors (Lipinski definition) is 1. The monoisotopic (exact) mass is 295 g/mol. The van der Waals surface area contributed by atoms with Crippen LogP contribution in [0.25, 0.3) is 6.08 Å². The van der Waals surface area contributed by atoms with E-state index in [-0.39, 0.29) is 10.1 Å². The van der Waals surface area contributed by atoms with E-state index in [1.165, 1.54) is 6.08 Å². The van der Waals surface area contributed by atoms with Crippen molar-refractivity contribution in [3.05, 3.63) is 28.7 Å². The number of aryl methyl sites for hydroxylation is 1. The highest BCUT2D eigenvalue weighted by Gasteiger charge is 2.15. The van der Waals surface area contributed by atoms with Crippen molar-refractivity contribution in [2.45, 2.75) is 12.1 Å². The second-order valence-corrected chi connectivity index (χ2v) is 5.07. The van der Waals surface area contributed by atoms with Crippen LogP contribution in [0.1, 0.15) is 11.7 Å². The maximum absolute atomic E-state index is 11.2. The van der Waals surface area contributed by atoms with Gasteiger partial charge in [-0.25, -0.2) is 4.79 Å². The summed E-state index contributed by atoms with van der Waals surface area (Å²) in [7, 11) is 3.67. The van der Waals surface area contributed by atoms with Crippen LogP contribution in [-0.2, 0) is 4.79 Å². The lowest BCUT2D eigenvalue weighted by molar-refractivity contribution is -0.131. The number of carboxylic acids is 1. The van der Waals surface area contributed by atoms with Gasteiger partial charge in [-0.05, 0) is 17.8 Å². The standard InChI is InChI=1S/C12H13N3O4S/c1-7-13-14-12(18-7)20-9(11(16)17)6-8-4-5-10(19-8)15(2)3/h4-6H,1-3H3,(H,16,17)/b9-6-. The molecule has 2 aromatic rings. The average molecular weight is 295 g/mol. The highest BCUT2D eigenvalue weighted by atomic mass is 32.2. The van der Waals surface area contributed by atoms with Gasteiger partial charge < -0.3 is 18.8 Å². The number of aliphatic carboxylic acids is 1. The largest absolute Gasteiger partial charge is 0.477 e. The van der Waals surface area contributed by atoms with Crippen molar-refractivity contribution in [1.82, 2.24) is 10.2 Å². The van der Waals surface area contributed by atoms with Crippen LogP contribution >= 0.6 is 11.8 Å². The molecule has 106 valence electrons. The van der Waals surface area contributed by atoms with Crippen molar-refractivity contribution in [1.29, 1.82) is 0 Å². The van der Waals surface area contributed by atoms with Gasteiger partial charge in [0.1, 0.15) is 10.7 Å². The first-order chi connectivity index (χ1) is 9.45. The third-order valence-corrected chi connectivity index (χ3v) is 3.09. The third kappa shape index (κ3) is 3.41. The number of thioether (sulfide) groups is 1. The van der Waals surface area contributed by atoms with Crippen LogP contribution in [0.3, 0.4) is 0 Å². The molecule has 8 heteroatoms. The van der Waals surface area contributed by atoms with E-state index < -0.39 is 5.97 Å². The smallest absolute Gasteiger partial charge is 0.342 e. The van der Waals surface area contributed by atoms with E-state index in [1.807, 2.05) is 14.1 Å². The first kappa shape index (κ1) is 14.2. The zero-order valence-electron chi connectivity index (χ0n) is 11.2. The van der Waals surface area contributed by atoms with Crippen molar-refractivity contribution in [2.75, 3.05) is 19.0 Å². The molecule has 0 aliphatic rings. The number of carbonyl (C=O) groups is 1. The molecule has 0 unspecified atom stereocenters. The van der Waals surface area contributed by atoms with E-state index >= 15 is 0 Å². The molecule has 0 aromatic carbocycles. The van der Waals surface area contributed by atoms with Crippen LogP contribution in [0, 0.1) is 6.92 Å². The highest BCUT2D eigenvalue weighted by molar-refractivity contribution is 8.03. The van der Waals surface area contributed by atoms with Crippen LogP contribution in [-0.4, -0.2) is 35.4 Å². The van der Waals surface area contributed by atoms with E-state index in [4.69, 9.17) is 8.83 Å². The van der Waals surface area contributed by atoms with Gasteiger partial charge in [-0.15, -0.1) is 10.2 Å². The first-order valence-corrected chi connectivity index (χ1v) is 6.47. The summed E-state index contributed by atoms with van der Waals surface area (Å²) < 4.78 is 10.6. The van der Waals surface area contributed by atoms with Crippen LogP contribution in [0.4, 0.5) is 5.88 Å². The van der Waals surface area contributed by atoms with E-state index in [0.717, 1.165) is 11.8 Å². The molecule has 1 N–H and O–H groups in total. The Balaban J connectivity index is 2.23. The quantitative estimate of drug-likeness (QED) is 0.663. The Kier molecular flexibility index (Phi) is 4.14. The molecule has 0 aliphatic heterocycles. The maximum atomic E-state index is 11.2. The number of carboxylic acid groups (broad SMARTS) is 1. The Bertz CT molecular complexity index is 645. The molecule has 20 heavy (non-hydrogen) atoms. The Labute approximate surface area is 119 Å². The van der Waals surface area contributed by atoms with Crippen LogP contribution in [0.5, 0.6) is 0 Å². The summed E-state index contributed by atoms with van der Waals surface area (Å²) in [6.45, 7) is 1.64. The number of rotatable bonds is 5. The van der Waals surface area contributed by atoms with Crippen LogP contribution < -0.4 is 4.90 Å². The fourth-order valence-corrected chi connectivity index (χ4v) is 2.03. The summed E-state index contributed by atoms with van der Waals surface area (Å²) in [5.74, 6) is 0.369. The van der Waals surface area contributed by atoms with Gasteiger partial charge >= 0.3 is 5.97 Å². The van der Waals surface area contributed by atoms with Gasteiger partial charge in [-0.1, -0.05) is 0 Å². The summed E-state index contributed by atoms with van der Waals surface area (Å²) in [5.41, 5.74) is 0. The molecule has 7 nitrogen and oxygen atoms in total. The average Bonchev–Trinajstić information content (AvgIpc) is 2.98. The summed E-state index contributed by atoms with van der Waals surface area (Å²) in [6.07, 6.45) is 1.42. The number of furan rings is 1. The molecule has 0 fully saturated rings. The number of nitrogens with zero attached hydrogens (tertiary/aromatic N) is 3. The molecule has 2 rings (SSSR count). The third-order valence-electron chi connectivity index (χ3n) is 2.24. The molecule has 0 spiro atoms. The van der Waals surface area contributed by atoms with Crippen molar-refractivity contribution in [3.8, 4) is 0 Å². The summed E-state index contributed by atoms with van der Waals surface area (Å²) in [6, 6.07) is 3.45. The lowest BCUT2D eigenvalue weighted by Gasteiger charge is -2.06. The second kappa shape index (κ2) is 5.83. The van der Waals surface area contributed by atoms with Gasteiger partial charge in [0, 0.05) is 33.2 Å². The molecular formula is C12H13N3O4S. The normalized spacial score (nSPS) is 11.7. The molecule has 0 amide bonds. The minimum atomic E-state index is -1.09. The summed E-state index contributed by atoms with van der Waals surface area (Å²) in [5, 5.41) is 16.8. The van der Waals surface area contributed by atoms with Gasteiger partial charge in [0.15, 0.2) is 5.88 Å². The summed E-state index contributed by atoms with van der Waals surface area (Å²) in [4.78, 5) is 13.0. The number of aromatic nitrogens is 2. The van der Waals surface area contributed by atoms with Gasteiger partial charge in [-0.3, -0.25) is 0 Å². The predicted molar refractivity (Wildman–Crippen MR) is 73.5 cm³/mol. The van der Waals surface area contributed by atoms with Gasteiger partial charge in [0.05, 0.1) is 0 Å². The Hall–Kier alpha value is -2.22. The van der Waals surface area contributed by atoms with Crippen LogP contribution in [0.2, 0.25) is 0 Å². The van der Waals surface area contributed by atoms with E-state index in [0.29, 0.717) is 17.5 Å². The van der Waals surface area contributed by atoms with Crippen molar-refractivity contribution < 1.29 is 18.7 Å². The van der Waals surface area contributed by atoms with E-state index in [2.05, 4.69) is 10.2 Å². The lowest BCUT2D eigenvalue weighted by Crippen LogP contribution is -2.06. The molecule has 0 atom stereocenters. The molecule has 2 heterocycles. The minimum Gasteiger partial charge on any atom is -0.477 e. The number of anilines is 1. The lowest BCUT2D eigenvalue weighted by atomic mass is 10.4. The second-order valence-electron chi connectivity index (χ2n) is 4.07. The fraction of sp³-hybridized carbons (Fsp3) is 0.250. The zero-order chi connectivity index (χ0) is 14.7. The molecule has 2 aromatic heterocycles. The molecule has 0 radical (unpaired) electrons. The Morgan fingerprint density at radius 2 is 2.10 bits per heavy atom. The predicted octanol–water partition coefficient (Wildman–Crippen LogP) is 2.25. The molecule has 0 saturated heterocycles. The first-order valence-electron chi connectivity index (χ1n) is 5.66. The van der Waals surface area contributed by atoms with Crippen molar-refractivity contribution in [3.63, 3.8) is 0 Å². The number of hydrogen-bond acceptors (Lipinski definition) is 7.